The third-order valence-corrected chi connectivity index (χ3v) is 3.19. The molecule has 16 heavy (non-hydrogen) atoms. The van der Waals surface area contributed by atoms with Gasteiger partial charge in [-0.3, -0.25) is 0 Å². The SMILES string of the molecule is N[C@H](CO)c1nc(C2CCCCCC2)no1. The summed E-state index contributed by atoms with van der Waals surface area (Å²) in [5.41, 5.74) is 5.62. The van der Waals surface area contributed by atoms with E-state index in [-0.39, 0.29) is 6.61 Å². The topological polar surface area (TPSA) is 85.2 Å². The predicted octanol–water partition coefficient (Wildman–Crippen LogP) is 1.50. The van der Waals surface area contributed by atoms with Gasteiger partial charge in [-0.2, -0.15) is 4.98 Å². The molecular weight excluding hydrogens is 206 g/mol. The highest BCUT2D eigenvalue weighted by molar-refractivity contribution is 4.98. The lowest BCUT2D eigenvalue weighted by molar-refractivity contribution is 0.236. The molecule has 0 saturated heterocycles. The summed E-state index contributed by atoms with van der Waals surface area (Å²) in [6.07, 6.45) is 7.34. The van der Waals surface area contributed by atoms with E-state index in [0.29, 0.717) is 11.8 Å². The Balaban J connectivity index is 2.05. The summed E-state index contributed by atoms with van der Waals surface area (Å²) < 4.78 is 5.07. The molecule has 3 N–H and O–H groups in total. The molecule has 90 valence electrons. The number of aliphatic hydroxyl groups is 1. The van der Waals surface area contributed by atoms with Crippen LogP contribution in [0.2, 0.25) is 0 Å². The predicted molar refractivity (Wildman–Crippen MR) is 58.8 cm³/mol. The smallest absolute Gasteiger partial charge is 0.245 e. The Morgan fingerprint density at radius 1 is 1.31 bits per heavy atom. The van der Waals surface area contributed by atoms with Gasteiger partial charge in [-0.25, -0.2) is 0 Å². The van der Waals surface area contributed by atoms with E-state index in [9.17, 15) is 0 Å². The van der Waals surface area contributed by atoms with Crippen molar-refractivity contribution >= 4 is 0 Å². The molecule has 1 saturated carbocycles. The molecule has 1 heterocycles. The molecular formula is C11H19N3O2. The molecule has 1 aromatic rings. The number of hydrogen-bond acceptors (Lipinski definition) is 5. The second-order valence-electron chi connectivity index (χ2n) is 4.47. The lowest BCUT2D eigenvalue weighted by Gasteiger charge is -2.07. The minimum absolute atomic E-state index is 0.160. The maximum atomic E-state index is 8.90. The van der Waals surface area contributed by atoms with E-state index in [1.165, 1.54) is 25.7 Å². The largest absolute Gasteiger partial charge is 0.394 e. The summed E-state index contributed by atoms with van der Waals surface area (Å²) in [5, 5.41) is 12.9. The van der Waals surface area contributed by atoms with Crippen molar-refractivity contribution in [3.05, 3.63) is 11.7 Å². The monoisotopic (exact) mass is 225 g/mol. The van der Waals surface area contributed by atoms with Crippen LogP contribution in [0.4, 0.5) is 0 Å². The van der Waals surface area contributed by atoms with Crippen molar-refractivity contribution in [3.63, 3.8) is 0 Å². The fraction of sp³-hybridized carbons (Fsp3) is 0.818. The van der Waals surface area contributed by atoms with Gasteiger partial charge in [0.25, 0.3) is 0 Å². The van der Waals surface area contributed by atoms with E-state index in [1.54, 1.807) is 0 Å². The van der Waals surface area contributed by atoms with E-state index in [2.05, 4.69) is 10.1 Å². The van der Waals surface area contributed by atoms with Crippen LogP contribution >= 0.6 is 0 Å². The van der Waals surface area contributed by atoms with E-state index >= 15 is 0 Å². The van der Waals surface area contributed by atoms with Crippen molar-refractivity contribution in [1.82, 2.24) is 10.1 Å². The molecule has 0 spiro atoms. The highest BCUT2D eigenvalue weighted by Crippen LogP contribution is 2.30. The van der Waals surface area contributed by atoms with Crippen molar-refractivity contribution in [2.24, 2.45) is 5.73 Å². The van der Waals surface area contributed by atoms with Crippen LogP contribution in [-0.2, 0) is 0 Å². The quantitative estimate of drug-likeness (QED) is 0.761. The normalized spacial score (nSPS) is 20.6. The summed E-state index contributed by atoms with van der Waals surface area (Å²) >= 11 is 0. The molecule has 5 heteroatoms. The van der Waals surface area contributed by atoms with Crippen LogP contribution < -0.4 is 5.73 Å². The molecule has 1 atom stereocenters. The van der Waals surface area contributed by atoms with Crippen LogP contribution in [0.3, 0.4) is 0 Å². The van der Waals surface area contributed by atoms with E-state index in [1.807, 2.05) is 0 Å². The summed E-state index contributed by atoms with van der Waals surface area (Å²) in [6.45, 7) is -0.160. The Labute approximate surface area is 95.0 Å². The molecule has 0 unspecified atom stereocenters. The first kappa shape index (κ1) is 11.5. The molecule has 0 radical (unpaired) electrons. The van der Waals surface area contributed by atoms with E-state index in [0.717, 1.165) is 18.7 Å². The van der Waals surface area contributed by atoms with Gasteiger partial charge in [0.05, 0.1) is 6.61 Å². The van der Waals surface area contributed by atoms with Crippen LogP contribution in [0.25, 0.3) is 0 Å². The molecule has 0 aromatic carbocycles. The maximum absolute atomic E-state index is 8.90. The van der Waals surface area contributed by atoms with Crippen molar-refractivity contribution < 1.29 is 9.63 Å². The van der Waals surface area contributed by atoms with Gasteiger partial charge >= 0.3 is 0 Å². The average molecular weight is 225 g/mol. The number of hydrogen-bond donors (Lipinski definition) is 2. The Hall–Kier alpha value is -0.940. The Bertz CT molecular complexity index is 319. The second-order valence-corrected chi connectivity index (χ2v) is 4.47. The average Bonchev–Trinajstić information content (AvgIpc) is 2.64. The minimum Gasteiger partial charge on any atom is -0.394 e. The number of nitrogens with two attached hydrogens (primary N) is 1. The van der Waals surface area contributed by atoms with Crippen LogP contribution in [0.1, 0.15) is 62.2 Å². The van der Waals surface area contributed by atoms with Gasteiger partial charge in [-0.15, -0.1) is 0 Å². The van der Waals surface area contributed by atoms with Crippen molar-refractivity contribution in [3.8, 4) is 0 Å². The standard InChI is InChI=1S/C11H19N3O2/c12-9(7-15)11-13-10(14-16-11)8-5-3-1-2-4-6-8/h8-9,15H,1-7,12H2/t9-/m1/s1. The van der Waals surface area contributed by atoms with Crippen LogP contribution in [0.5, 0.6) is 0 Å². The lowest BCUT2D eigenvalue weighted by atomic mass is 10.00. The lowest BCUT2D eigenvalue weighted by Crippen LogP contribution is -2.15. The maximum Gasteiger partial charge on any atom is 0.245 e. The number of aromatic nitrogens is 2. The molecule has 1 aromatic heterocycles. The van der Waals surface area contributed by atoms with Gasteiger partial charge < -0.3 is 15.4 Å². The van der Waals surface area contributed by atoms with Crippen LogP contribution in [0, 0.1) is 0 Å². The van der Waals surface area contributed by atoms with Gasteiger partial charge in [-0.1, -0.05) is 30.8 Å². The highest BCUT2D eigenvalue weighted by atomic mass is 16.5. The summed E-state index contributed by atoms with van der Waals surface area (Å²) in [7, 11) is 0. The number of aliphatic hydroxyl groups excluding tert-OH is 1. The third kappa shape index (κ3) is 2.59. The fourth-order valence-electron chi connectivity index (χ4n) is 2.18. The molecule has 5 nitrogen and oxygen atoms in total. The summed E-state index contributed by atoms with van der Waals surface area (Å²) in [6, 6.07) is -0.549. The van der Waals surface area contributed by atoms with Gasteiger partial charge in [0.2, 0.25) is 5.89 Å². The Kier molecular flexibility index (Phi) is 3.90. The van der Waals surface area contributed by atoms with Crippen LogP contribution in [-0.4, -0.2) is 21.9 Å². The first-order valence-electron chi connectivity index (χ1n) is 6.01. The molecule has 0 amide bonds. The molecule has 1 aliphatic carbocycles. The molecule has 0 aliphatic heterocycles. The summed E-state index contributed by atoms with van der Waals surface area (Å²) in [4.78, 5) is 4.28. The van der Waals surface area contributed by atoms with Crippen molar-refractivity contribution in [2.75, 3.05) is 6.61 Å². The minimum atomic E-state index is -0.549. The molecule has 1 fully saturated rings. The van der Waals surface area contributed by atoms with Gasteiger partial charge in [0, 0.05) is 5.92 Å². The van der Waals surface area contributed by atoms with Crippen molar-refractivity contribution in [1.29, 1.82) is 0 Å². The molecule has 1 aliphatic rings. The van der Waals surface area contributed by atoms with Crippen LogP contribution in [0.15, 0.2) is 4.52 Å². The second kappa shape index (κ2) is 5.41. The first-order valence-corrected chi connectivity index (χ1v) is 6.01. The zero-order valence-corrected chi connectivity index (χ0v) is 9.43. The van der Waals surface area contributed by atoms with Gasteiger partial charge in [-0.05, 0) is 12.8 Å². The Morgan fingerprint density at radius 2 is 2.00 bits per heavy atom. The third-order valence-electron chi connectivity index (χ3n) is 3.19. The highest BCUT2D eigenvalue weighted by Gasteiger charge is 2.21. The van der Waals surface area contributed by atoms with Crippen molar-refractivity contribution in [2.45, 2.75) is 50.5 Å². The zero-order chi connectivity index (χ0) is 11.4. The van der Waals surface area contributed by atoms with Gasteiger partial charge in [0.15, 0.2) is 5.82 Å². The first-order chi connectivity index (χ1) is 7.81. The van der Waals surface area contributed by atoms with E-state index < -0.39 is 6.04 Å². The fourth-order valence-corrected chi connectivity index (χ4v) is 2.18. The summed E-state index contributed by atoms with van der Waals surface area (Å²) in [5.74, 6) is 1.52. The number of nitrogens with zero attached hydrogens (tertiary/aromatic N) is 2. The van der Waals surface area contributed by atoms with Gasteiger partial charge in [0.1, 0.15) is 6.04 Å². The molecule has 2 rings (SSSR count). The van der Waals surface area contributed by atoms with E-state index in [4.69, 9.17) is 15.4 Å². The molecule has 0 bridgehead atoms. The zero-order valence-electron chi connectivity index (χ0n) is 9.43. The number of rotatable bonds is 3. The Morgan fingerprint density at radius 3 is 2.62 bits per heavy atom.